The van der Waals surface area contributed by atoms with E-state index >= 15 is 0 Å². The third kappa shape index (κ3) is 4.93. The van der Waals surface area contributed by atoms with Gasteiger partial charge in [-0.15, -0.1) is 0 Å². The molecule has 2 rings (SSSR count). The number of methoxy groups -OCH3 is 1. The Kier molecular flexibility index (Phi) is 7.11. The van der Waals surface area contributed by atoms with Crippen LogP contribution < -0.4 is 9.47 Å². The number of aliphatic hydroxyl groups is 1. The molecule has 1 heterocycles. The average Bonchev–Trinajstić information content (AvgIpc) is 2.99. The molecule has 27 heavy (non-hydrogen) atoms. The second kappa shape index (κ2) is 8.93. The van der Waals surface area contributed by atoms with Gasteiger partial charge >= 0.3 is 5.97 Å². The summed E-state index contributed by atoms with van der Waals surface area (Å²) in [5, 5.41) is 9.48. The summed E-state index contributed by atoms with van der Waals surface area (Å²) < 4.78 is 17.2. The summed E-state index contributed by atoms with van der Waals surface area (Å²) in [5.41, 5.74) is 4.11. The monoisotopic (exact) mass is 392 g/mol. The van der Waals surface area contributed by atoms with Crippen LogP contribution in [0.25, 0.3) is 0 Å². The first kappa shape index (κ1) is 21.5. The van der Waals surface area contributed by atoms with E-state index < -0.39 is 8.07 Å². The van der Waals surface area contributed by atoms with Crippen LogP contribution in [-0.4, -0.2) is 39.5 Å². The molecule has 150 valence electrons. The zero-order valence-corrected chi connectivity index (χ0v) is 18.4. The second-order valence-electron chi connectivity index (χ2n) is 8.13. The summed E-state index contributed by atoms with van der Waals surface area (Å²) in [6.07, 6.45) is 3.31. The number of benzene rings is 1. The summed E-state index contributed by atoms with van der Waals surface area (Å²) in [6, 6.07) is 0.999. The van der Waals surface area contributed by atoms with Crippen molar-refractivity contribution in [1.29, 1.82) is 0 Å². The zero-order valence-electron chi connectivity index (χ0n) is 17.4. The maximum atomic E-state index is 12.4. The van der Waals surface area contributed by atoms with Crippen molar-refractivity contribution in [3.8, 4) is 11.5 Å². The molecule has 1 aromatic rings. The molecule has 0 fully saturated rings. The molecule has 0 atom stereocenters. The predicted octanol–water partition coefficient (Wildman–Crippen LogP) is 4.26. The van der Waals surface area contributed by atoms with Gasteiger partial charge in [-0.25, -0.2) is 4.79 Å². The van der Waals surface area contributed by atoms with Gasteiger partial charge in [0.05, 0.1) is 20.3 Å². The van der Waals surface area contributed by atoms with Crippen LogP contribution in [0.1, 0.15) is 40.4 Å². The van der Waals surface area contributed by atoms with E-state index in [0.29, 0.717) is 24.3 Å². The van der Waals surface area contributed by atoms with Crippen LogP contribution in [0.5, 0.6) is 11.5 Å². The highest BCUT2D eigenvalue weighted by atomic mass is 28.3. The zero-order chi connectivity index (χ0) is 20.2. The van der Waals surface area contributed by atoms with Gasteiger partial charge in [0.1, 0.15) is 23.7 Å². The summed E-state index contributed by atoms with van der Waals surface area (Å²) in [5.74, 6) is 0.986. The number of carbonyl (C=O) groups excluding carboxylic acids is 1. The van der Waals surface area contributed by atoms with Gasteiger partial charge in [0.2, 0.25) is 0 Å². The van der Waals surface area contributed by atoms with Gasteiger partial charge in [-0.1, -0.05) is 32.6 Å². The van der Waals surface area contributed by atoms with Crippen molar-refractivity contribution in [3.05, 3.63) is 33.9 Å². The van der Waals surface area contributed by atoms with Crippen LogP contribution >= 0.6 is 0 Å². The van der Waals surface area contributed by atoms with E-state index in [4.69, 9.17) is 14.2 Å². The molecule has 0 spiro atoms. The molecule has 1 aromatic carbocycles. The molecule has 0 saturated carbocycles. The molecule has 0 saturated heterocycles. The van der Waals surface area contributed by atoms with E-state index in [2.05, 4.69) is 19.6 Å². The Labute approximate surface area is 163 Å². The number of rotatable bonds is 9. The first-order valence-corrected chi connectivity index (χ1v) is 13.2. The van der Waals surface area contributed by atoms with Crippen LogP contribution in [0.15, 0.2) is 11.6 Å². The van der Waals surface area contributed by atoms with E-state index in [-0.39, 0.29) is 19.2 Å². The van der Waals surface area contributed by atoms with Gasteiger partial charge in [-0.05, 0) is 36.9 Å². The predicted molar refractivity (Wildman–Crippen MR) is 110 cm³/mol. The number of allylic oxidation sites excluding steroid dienone is 1. The number of fused-ring (bicyclic) bond motifs is 1. The van der Waals surface area contributed by atoms with E-state index in [1.54, 1.807) is 7.11 Å². The SMILES string of the molecule is CC/C(=C\Cc1c(OC)c(C)c2c(c1OCC[Si](C)(C)C)C(=O)OC2)CO. The normalized spacial score (nSPS) is 14.2. The first-order chi connectivity index (χ1) is 12.7. The van der Waals surface area contributed by atoms with Crippen LogP contribution in [0, 0.1) is 6.92 Å². The smallest absolute Gasteiger partial charge is 0.342 e. The lowest BCUT2D eigenvalue weighted by Gasteiger charge is -2.21. The lowest BCUT2D eigenvalue weighted by atomic mass is 9.94. The van der Waals surface area contributed by atoms with Crippen molar-refractivity contribution in [3.63, 3.8) is 0 Å². The third-order valence-corrected chi connectivity index (χ3v) is 6.68. The Balaban J connectivity index is 2.53. The number of carbonyl (C=O) groups is 1. The molecule has 1 aliphatic heterocycles. The first-order valence-electron chi connectivity index (χ1n) is 9.54. The minimum absolute atomic E-state index is 0.0244. The molecular formula is C21H32O5Si. The molecule has 0 aromatic heterocycles. The maximum Gasteiger partial charge on any atom is 0.342 e. The highest BCUT2D eigenvalue weighted by Gasteiger charge is 2.33. The fourth-order valence-corrected chi connectivity index (χ4v) is 3.91. The third-order valence-electron chi connectivity index (χ3n) is 4.98. The topological polar surface area (TPSA) is 65.0 Å². The van der Waals surface area contributed by atoms with Crippen LogP contribution in [0.2, 0.25) is 25.7 Å². The highest BCUT2D eigenvalue weighted by Crippen LogP contribution is 2.43. The lowest BCUT2D eigenvalue weighted by Crippen LogP contribution is -2.23. The summed E-state index contributed by atoms with van der Waals surface area (Å²) >= 11 is 0. The van der Waals surface area contributed by atoms with Gasteiger partial charge in [-0.3, -0.25) is 0 Å². The van der Waals surface area contributed by atoms with Crippen molar-refractivity contribution < 1.29 is 24.1 Å². The highest BCUT2D eigenvalue weighted by molar-refractivity contribution is 6.76. The molecule has 0 radical (unpaired) electrons. The number of hydrogen-bond acceptors (Lipinski definition) is 5. The van der Waals surface area contributed by atoms with Crippen molar-refractivity contribution in [2.45, 2.75) is 59.0 Å². The summed E-state index contributed by atoms with van der Waals surface area (Å²) in [7, 11) is 0.368. The number of ether oxygens (including phenoxy) is 3. The Morgan fingerprint density at radius 2 is 2.00 bits per heavy atom. The lowest BCUT2D eigenvalue weighted by molar-refractivity contribution is 0.0532. The number of esters is 1. The number of cyclic esters (lactones) is 1. The fraction of sp³-hybridized carbons (Fsp3) is 0.571. The summed E-state index contributed by atoms with van der Waals surface area (Å²) in [4.78, 5) is 12.4. The average molecular weight is 393 g/mol. The standard InChI is InChI=1S/C21H32O5Si/c1-7-15(12-22)8-9-16-19(24-3)14(2)17-13-26-21(23)18(17)20(16)25-10-11-27(4,5)6/h8,22H,7,9-13H2,1-6H3/b15-8+. The Morgan fingerprint density at radius 3 is 2.56 bits per heavy atom. The van der Waals surface area contributed by atoms with E-state index in [1.807, 2.05) is 19.9 Å². The van der Waals surface area contributed by atoms with Crippen LogP contribution in [0.4, 0.5) is 0 Å². The molecule has 1 N–H and O–H groups in total. The van der Waals surface area contributed by atoms with Crippen molar-refractivity contribution in [2.24, 2.45) is 0 Å². The van der Waals surface area contributed by atoms with E-state index in [0.717, 1.165) is 40.5 Å². The van der Waals surface area contributed by atoms with E-state index in [1.165, 1.54) is 0 Å². The minimum atomic E-state index is -1.27. The molecule has 1 aliphatic rings. The quantitative estimate of drug-likeness (QED) is 0.386. The van der Waals surface area contributed by atoms with Crippen LogP contribution in [0.3, 0.4) is 0 Å². The molecule has 0 bridgehead atoms. The van der Waals surface area contributed by atoms with Gasteiger partial charge in [0.15, 0.2) is 0 Å². The molecule has 6 heteroatoms. The van der Waals surface area contributed by atoms with Crippen molar-refractivity contribution in [1.82, 2.24) is 0 Å². The van der Waals surface area contributed by atoms with Crippen LogP contribution in [-0.2, 0) is 17.8 Å². The number of aliphatic hydroxyl groups excluding tert-OH is 1. The summed E-state index contributed by atoms with van der Waals surface area (Å²) in [6.45, 7) is 11.7. The Morgan fingerprint density at radius 1 is 1.30 bits per heavy atom. The second-order valence-corrected chi connectivity index (χ2v) is 13.8. The fourth-order valence-electron chi connectivity index (χ4n) is 3.20. The van der Waals surface area contributed by atoms with Gasteiger partial charge in [0, 0.05) is 19.2 Å². The Hall–Kier alpha value is -1.79. The van der Waals surface area contributed by atoms with E-state index in [9.17, 15) is 9.90 Å². The molecule has 0 aliphatic carbocycles. The van der Waals surface area contributed by atoms with Gasteiger partial charge in [-0.2, -0.15) is 0 Å². The largest absolute Gasteiger partial charge is 0.496 e. The van der Waals surface area contributed by atoms with Crippen molar-refractivity contribution in [2.75, 3.05) is 20.3 Å². The number of hydrogen-bond donors (Lipinski definition) is 1. The molecular weight excluding hydrogens is 360 g/mol. The minimum Gasteiger partial charge on any atom is -0.496 e. The van der Waals surface area contributed by atoms with Crippen molar-refractivity contribution >= 4 is 14.0 Å². The maximum absolute atomic E-state index is 12.4. The molecule has 0 amide bonds. The molecule has 0 unspecified atom stereocenters. The Bertz CT molecular complexity index is 725. The van der Waals surface area contributed by atoms with Gasteiger partial charge in [0.25, 0.3) is 0 Å². The molecule has 5 nitrogen and oxygen atoms in total. The van der Waals surface area contributed by atoms with Gasteiger partial charge < -0.3 is 19.3 Å².